The van der Waals surface area contributed by atoms with Gasteiger partial charge in [-0.2, -0.15) is 13.2 Å². The van der Waals surface area contributed by atoms with Crippen molar-refractivity contribution < 1.29 is 37.0 Å². The van der Waals surface area contributed by atoms with Gasteiger partial charge in [0, 0.05) is 37.9 Å². The number of carboxylic acid groups (broad SMARTS) is 1. The number of carboxylic acids is 1. The van der Waals surface area contributed by atoms with E-state index >= 15 is 0 Å². The quantitative estimate of drug-likeness (QED) is 0.706. The maximum atomic E-state index is 12.9. The molecular weight excluding hydrogens is 436 g/mol. The summed E-state index contributed by atoms with van der Waals surface area (Å²) >= 11 is 0. The normalized spacial score (nSPS) is 15.8. The number of carbonyl (C=O) groups excluding carboxylic acids is 1. The summed E-state index contributed by atoms with van der Waals surface area (Å²) < 4.78 is 50.1. The number of aliphatic carboxylic acids is 1. The van der Waals surface area contributed by atoms with Gasteiger partial charge in [-0.3, -0.25) is 14.8 Å². The molecule has 0 atom stereocenters. The van der Waals surface area contributed by atoms with Gasteiger partial charge in [-0.25, -0.2) is 9.18 Å². The van der Waals surface area contributed by atoms with Crippen LogP contribution in [0, 0.1) is 5.82 Å². The zero-order chi connectivity index (χ0) is 23.3. The highest BCUT2D eigenvalue weighted by molar-refractivity contribution is 6.03. The predicted octanol–water partition coefficient (Wildman–Crippen LogP) is 2.28. The van der Waals surface area contributed by atoms with Crippen LogP contribution in [0.1, 0.15) is 21.7 Å². The van der Waals surface area contributed by atoms with Crippen LogP contribution in [0.25, 0.3) is 0 Å². The molecule has 2 aromatic rings. The molecule has 1 N–H and O–H groups in total. The maximum Gasteiger partial charge on any atom is 0.490 e. The second-order valence-electron chi connectivity index (χ2n) is 7.00. The van der Waals surface area contributed by atoms with Crippen molar-refractivity contribution in [3.63, 3.8) is 0 Å². The zero-order valence-electron chi connectivity index (χ0n) is 16.8. The first-order valence-electron chi connectivity index (χ1n) is 9.67. The standard InChI is InChI=1S/C18H19FN4O2.C2HF3O2/c19-13-1-2-14(21-11-13)4-6-23-12-15-17(18(23)24)16(3-5-20-15)22-7-9-25-10-8-22;3-2(4,5)1(6)7/h1-3,5,11H,4,6-10,12H2;(H,6,7). The van der Waals surface area contributed by atoms with E-state index in [1.807, 2.05) is 6.07 Å². The van der Waals surface area contributed by atoms with Crippen LogP contribution in [0.2, 0.25) is 0 Å². The minimum atomic E-state index is -5.08. The Bertz CT molecular complexity index is 963. The fraction of sp³-hybridized carbons (Fsp3) is 0.400. The van der Waals surface area contributed by atoms with E-state index in [0.717, 1.165) is 30.2 Å². The summed E-state index contributed by atoms with van der Waals surface area (Å²) in [5, 5.41) is 7.12. The summed E-state index contributed by atoms with van der Waals surface area (Å²) in [6.45, 7) is 3.95. The third kappa shape index (κ3) is 5.69. The van der Waals surface area contributed by atoms with Gasteiger partial charge in [0.2, 0.25) is 0 Å². The molecule has 4 heterocycles. The average molecular weight is 456 g/mol. The molecule has 12 heteroatoms. The molecule has 1 amide bonds. The number of fused-ring (bicyclic) bond motifs is 1. The van der Waals surface area contributed by atoms with Gasteiger partial charge in [-0.15, -0.1) is 0 Å². The molecule has 2 aliphatic heterocycles. The number of anilines is 1. The number of amides is 1. The number of nitrogens with zero attached hydrogens (tertiary/aromatic N) is 4. The van der Waals surface area contributed by atoms with E-state index < -0.39 is 12.1 Å². The molecule has 2 aliphatic rings. The Morgan fingerprint density at radius 3 is 2.44 bits per heavy atom. The minimum absolute atomic E-state index is 0.00621. The molecule has 0 radical (unpaired) electrons. The first kappa shape index (κ1) is 23.4. The van der Waals surface area contributed by atoms with Crippen molar-refractivity contribution in [2.24, 2.45) is 0 Å². The Labute approximate surface area is 180 Å². The number of rotatable bonds is 4. The molecule has 8 nitrogen and oxygen atoms in total. The highest BCUT2D eigenvalue weighted by Crippen LogP contribution is 2.30. The number of alkyl halides is 3. The van der Waals surface area contributed by atoms with Gasteiger partial charge in [-0.05, 0) is 18.2 Å². The van der Waals surface area contributed by atoms with Crippen LogP contribution in [-0.2, 0) is 22.5 Å². The van der Waals surface area contributed by atoms with Gasteiger partial charge in [-0.1, -0.05) is 0 Å². The summed E-state index contributed by atoms with van der Waals surface area (Å²) in [4.78, 5) is 34.2. The van der Waals surface area contributed by atoms with Crippen molar-refractivity contribution >= 4 is 17.6 Å². The fourth-order valence-electron chi connectivity index (χ4n) is 3.31. The van der Waals surface area contributed by atoms with E-state index in [1.54, 1.807) is 17.2 Å². The van der Waals surface area contributed by atoms with Crippen molar-refractivity contribution in [2.45, 2.75) is 19.1 Å². The molecule has 0 saturated carbocycles. The van der Waals surface area contributed by atoms with Crippen LogP contribution in [0.4, 0.5) is 23.2 Å². The molecule has 0 aromatic carbocycles. The molecule has 0 bridgehead atoms. The van der Waals surface area contributed by atoms with Gasteiger partial charge in [0.1, 0.15) is 5.82 Å². The van der Waals surface area contributed by atoms with Crippen molar-refractivity contribution in [3.8, 4) is 0 Å². The first-order chi connectivity index (χ1) is 15.2. The summed E-state index contributed by atoms with van der Waals surface area (Å²) in [6, 6.07) is 4.95. The molecule has 172 valence electrons. The summed E-state index contributed by atoms with van der Waals surface area (Å²) in [5.41, 5.74) is 3.24. The lowest BCUT2D eigenvalue weighted by Gasteiger charge is -2.30. The van der Waals surface area contributed by atoms with Crippen molar-refractivity contribution in [1.82, 2.24) is 14.9 Å². The number of carbonyl (C=O) groups is 2. The van der Waals surface area contributed by atoms with E-state index in [2.05, 4.69) is 14.9 Å². The molecule has 1 fully saturated rings. The number of pyridine rings is 2. The Hall–Kier alpha value is -3.28. The van der Waals surface area contributed by atoms with Gasteiger partial charge in [0.15, 0.2) is 0 Å². The summed E-state index contributed by atoms with van der Waals surface area (Å²) in [5.74, 6) is -3.10. The van der Waals surface area contributed by atoms with E-state index in [0.29, 0.717) is 38.3 Å². The third-order valence-electron chi connectivity index (χ3n) is 4.87. The molecule has 0 aliphatic carbocycles. The monoisotopic (exact) mass is 456 g/mol. The maximum absolute atomic E-state index is 12.9. The Kier molecular flexibility index (Phi) is 7.23. The number of hydrogen-bond donors (Lipinski definition) is 1. The van der Waals surface area contributed by atoms with Gasteiger partial charge in [0.05, 0.1) is 42.9 Å². The molecular formula is C20H20F4N4O4. The molecule has 32 heavy (non-hydrogen) atoms. The molecule has 0 unspecified atom stereocenters. The van der Waals surface area contributed by atoms with Crippen LogP contribution in [0.3, 0.4) is 0 Å². The average Bonchev–Trinajstić information content (AvgIpc) is 3.09. The van der Waals surface area contributed by atoms with E-state index in [4.69, 9.17) is 14.6 Å². The Morgan fingerprint density at radius 2 is 1.84 bits per heavy atom. The number of aromatic nitrogens is 2. The summed E-state index contributed by atoms with van der Waals surface area (Å²) in [7, 11) is 0. The highest BCUT2D eigenvalue weighted by Gasteiger charge is 2.38. The minimum Gasteiger partial charge on any atom is -0.475 e. The predicted molar refractivity (Wildman–Crippen MR) is 104 cm³/mol. The van der Waals surface area contributed by atoms with E-state index in [9.17, 15) is 22.4 Å². The van der Waals surface area contributed by atoms with Crippen molar-refractivity contribution in [2.75, 3.05) is 37.7 Å². The number of morpholine rings is 1. The van der Waals surface area contributed by atoms with E-state index in [-0.39, 0.29) is 11.7 Å². The van der Waals surface area contributed by atoms with Crippen molar-refractivity contribution in [1.29, 1.82) is 0 Å². The lowest BCUT2D eigenvalue weighted by molar-refractivity contribution is -0.192. The second-order valence-corrected chi connectivity index (χ2v) is 7.00. The van der Waals surface area contributed by atoms with Crippen LogP contribution in [0.15, 0.2) is 30.6 Å². The molecule has 4 rings (SSSR count). The van der Waals surface area contributed by atoms with Crippen LogP contribution < -0.4 is 4.90 Å². The topological polar surface area (TPSA) is 95.9 Å². The highest BCUT2D eigenvalue weighted by atomic mass is 19.4. The molecule has 1 saturated heterocycles. The molecule has 0 spiro atoms. The van der Waals surface area contributed by atoms with Gasteiger partial charge in [0.25, 0.3) is 5.91 Å². The third-order valence-corrected chi connectivity index (χ3v) is 4.87. The summed E-state index contributed by atoms with van der Waals surface area (Å²) in [6.07, 6.45) is -1.52. The SMILES string of the molecule is O=C(O)C(F)(F)F.O=C1c2c(N3CCOCC3)ccnc2CN1CCc1ccc(F)cn1. The van der Waals surface area contributed by atoms with Gasteiger partial charge >= 0.3 is 12.1 Å². The molecule has 2 aromatic heterocycles. The van der Waals surface area contributed by atoms with Crippen LogP contribution in [0.5, 0.6) is 0 Å². The largest absolute Gasteiger partial charge is 0.490 e. The smallest absolute Gasteiger partial charge is 0.475 e. The second kappa shape index (κ2) is 9.90. The lowest BCUT2D eigenvalue weighted by Crippen LogP contribution is -2.37. The number of halogens is 4. The van der Waals surface area contributed by atoms with Crippen LogP contribution in [-0.4, -0.2) is 70.9 Å². The Balaban J connectivity index is 0.000000360. The number of hydrogen-bond acceptors (Lipinski definition) is 6. The fourth-order valence-corrected chi connectivity index (χ4v) is 3.31. The Morgan fingerprint density at radius 1 is 1.16 bits per heavy atom. The van der Waals surface area contributed by atoms with Crippen molar-refractivity contribution in [3.05, 3.63) is 53.4 Å². The lowest BCUT2D eigenvalue weighted by atomic mass is 10.1. The zero-order valence-corrected chi connectivity index (χ0v) is 16.8. The van der Waals surface area contributed by atoms with Crippen LogP contribution >= 0.6 is 0 Å². The first-order valence-corrected chi connectivity index (χ1v) is 9.67. The number of ether oxygens (including phenoxy) is 1. The van der Waals surface area contributed by atoms with Gasteiger partial charge < -0.3 is 19.6 Å². The van der Waals surface area contributed by atoms with E-state index in [1.165, 1.54) is 12.3 Å².